The molecule has 4 nitrogen and oxygen atoms in total. The molecule has 4 rings (SSSR count). The Morgan fingerprint density at radius 1 is 1.14 bits per heavy atom. The number of aldehydes is 1. The number of hydrogen-bond acceptors (Lipinski definition) is 3. The number of nitrogens with zero attached hydrogens (tertiary/aromatic N) is 2. The highest BCUT2D eigenvalue weighted by Gasteiger charge is 2.36. The van der Waals surface area contributed by atoms with Crippen LogP contribution in [0.15, 0.2) is 42.5 Å². The van der Waals surface area contributed by atoms with Gasteiger partial charge in [-0.05, 0) is 54.3 Å². The number of pyridine rings is 1. The third kappa shape index (κ3) is 2.80. The van der Waals surface area contributed by atoms with E-state index in [1.807, 2.05) is 42.2 Å². The van der Waals surface area contributed by atoms with Crippen molar-refractivity contribution >= 4 is 28.8 Å². The number of anilines is 1. The van der Waals surface area contributed by atoms with Gasteiger partial charge in [0.05, 0.1) is 5.52 Å². The van der Waals surface area contributed by atoms with Gasteiger partial charge in [0.15, 0.2) is 6.29 Å². The van der Waals surface area contributed by atoms with Crippen molar-refractivity contribution in [2.45, 2.75) is 39.5 Å². The topological polar surface area (TPSA) is 50.3 Å². The lowest BCUT2D eigenvalue weighted by Gasteiger charge is -2.39. The van der Waals surface area contributed by atoms with Crippen LogP contribution < -0.4 is 4.90 Å². The fourth-order valence-corrected chi connectivity index (χ4v) is 4.28. The fourth-order valence-electron chi connectivity index (χ4n) is 4.28. The smallest absolute Gasteiger partial charge is 0.227 e. The number of carbonyl (C=O) groups is 2. The summed E-state index contributed by atoms with van der Waals surface area (Å²) in [5.74, 6) is 0.156. The van der Waals surface area contributed by atoms with Crippen LogP contribution in [-0.2, 0) is 10.2 Å². The third-order valence-electron chi connectivity index (χ3n) is 5.72. The Morgan fingerprint density at radius 3 is 2.61 bits per heavy atom. The highest BCUT2D eigenvalue weighted by atomic mass is 16.2. The van der Waals surface area contributed by atoms with Gasteiger partial charge in [0, 0.05) is 29.5 Å². The van der Waals surface area contributed by atoms with Crippen LogP contribution in [0.5, 0.6) is 0 Å². The van der Waals surface area contributed by atoms with Crippen molar-refractivity contribution in [1.29, 1.82) is 0 Å². The Bertz CT molecular complexity index is 1120. The summed E-state index contributed by atoms with van der Waals surface area (Å²) in [6, 6.07) is 14.0. The second kappa shape index (κ2) is 6.55. The molecule has 4 heteroatoms. The lowest BCUT2D eigenvalue weighted by atomic mass is 9.75. The van der Waals surface area contributed by atoms with E-state index in [2.05, 4.69) is 37.9 Å². The van der Waals surface area contributed by atoms with Gasteiger partial charge in [-0.2, -0.15) is 0 Å². The predicted octanol–water partition coefficient (Wildman–Crippen LogP) is 5.06. The third-order valence-corrected chi connectivity index (χ3v) is 5.72. The van der Waals surface area contributed by atoms with Gasteiger partial charge in [0.1, 0.15) is 5.69 Å². The number of aryl methyl sites for hydroxylation is 1. The average Bonchev–Trinajstić information content (AvgIpc) is 2.67. The molecule has 0 saturated heterocycles. The molecule has 0 aliphatic carbocycles. The number of carbonyl (C=O) groups excluding carboxylic acids is 2. The van der Waals surface area contributed by atoms with E-state index in [0.29, 0.717) is 18.7 Å². The molecule has 1 aliphatic rings. The summed E-state index contributed by atoms with van der Waals surface area (Å²) in [6.45, 7) is 8.99. The minimum Gasteiger partial charge on any atom is -0.312 e. The molecule has 0 radical (unpaired) electrons. The standard InChI is InChI=1S/C24H24N2O2/c1-5-26-22-12-18(15(2)10-20(22)24(3,4)13-23(26)28)19-11-16(14-27)25-21-9-7-6-8-17(19)21/h6-12,14H,5,13H2,1-4H3. The number of fused-ring (bicyclic) bond motifs is 2. The number of hydrogen-bond donors (Lipinski definition) is 0. The highest BCUT2D eigenvalue weighted by molar-refractivity contribution is 6.02. The first-order valence-corrected chi connectivity index (χ1v) is 9.66. The number of rotatable bonds is 3. The zero-order chi connectivity index (χ0) is 20.1. The number of amides is 1. The second-order valence-electron chi connectivity index (χ2n) is 8.11. The van der Waals surface area contributed by atoms with Crippen LogP contribution in [0.25, 0.3) is 22.0 Å². The number of aromatic nitrogens is 1. The van der Waals surface area contributed by atoms with Crippen LogP contribution in [0.3, 0.4) is 0 Å². The normalized spacial score (nSPS) is 15.6. The summed E-state index contributed by atoms with van der Waals surface area (Å²) >= 11 is 0. The van der Waals surface area contributed by atoms with Gasteiger partial charge >= 0.3 is 0 Å². The zero-order valence-electron chi connectivity index (χ0n) is 16.7. The van der Waals surface area contributed by atoms with Crippen molar-refractivity contribution in [3.8, 4) is 11.1 Å². The van der Waals surface area contributed by atoms with Crippen molar-refractivity contribution < 1.29 is 9.59 Å². The summed E-state index contributed by atoms with van der Waals surface area (Å²) in [5, 5.41) is 1.00. The summed E-state index contributed by atoms with van der Waals surface area (Å²) in [6.07, 6.45) is 1.30. The lowest BCUT2D eigenvalue weighted by Crippen LogP contribution is -2.41. The molecule has 0 bridgehead atoms. The first kappa shape index (κ1) is 18.4. The van der Waals surface area contributed by atoms with E-state index in [1.165, 1.54) is 5.56 Å². The van der Waals surface area contributed by atoms with E-state index in [0.717, 1.165) is 39.6 Å². The van der Waals surface area contributed by atoms with Crippen LogP contribution in [-0.4, -0.2) is 23.7 Å². The largest absolute Gasteiger partial charge is 0.312 e. The van der Waals surface area contributed by atoms with Gasteiger partial charge in [0.2, 0.25) is 5.91 Å². The van der Waals surface area contributed by atoms with Crippen LogP contribution in [0.2, 0.25) is 0 Å². The molecule has 3 aromatic rings. The Hall–Kier alpha value is -3.01. The van der Waals surface area contributed by atoms with E-state index in [9.17, 15) is 9.59 Å². The molecule has 0 unspecified atom stereocenters. The maximum atomic E-state index is 12.7. The molecule has 142 valence electrons. The molecule has 2 aromatic carbocycles. The Labute approximate surface area is 165 Å². The Morgan fingerprint density at radius 2 is 1.89 bits per heavy atom. The van der Waals surface area contributed by atoms with Gasteiger partial charge in [-0.1, -0.05) is 38.1 Å². The van der Waals surface area contributed by atoms with Crippen LogP contribution in [0.4, 0.5) is 5.69 Å². The first-order chi connectivity index (χ1) is 13.4. The fraction of sp³-hybridized carbons (Fsp3) is 0.292. The van der Waals surface area contributed by atoms with Crippen LogP contribution in [0, 0.1) is 6.92 Å². The number of para-hydroxylation sites is 1. The van der Waals surface area contributed by atoms with Gasteiger partial charge in [-0.3, -0.25) is 9.59 Å². The SMILES string of the molecule is CCN1C(=O)CC(C)(C)c2cc(C)c(-c3cc(C=O)nc4ccccc34)cc21. The van der Waals surface area contributed by atoms with Crippen molar-refractivity contribution in [2.24, 2.45) is 0 Å². The molecule has 0 atom stereocenters. The number of benzene rings is 2. The quantitative estimate of drug-likeness (QED) is 0.604. The monoisotopic (exact) mass is 372 g/mol. The van der Waals surface area contributed by atoms with Gasteiger partial charge in [-0.15, -0.1) is 0 Å². The molecule has 0 spiro atoms. The second-order valence-corrected chi connectivity index (χ2v) is 8.11. The molecule has 2 heterocycles. The highest BCUT2D eigenvalue weighted by Crippen LogP contribution is 2.44. The Balaban J connectivity index is 2.03. The summed E-state index contributed by atoms with van der Waals surface area (Å²) in [7, 11) is 0. The molecule has 28 heavy (non-hydrogen) atoms. The molecule has 1 aromatic heterocycles. The van der Waals surface area contributed by atoms with E-state index in [-0.39, 0.29) is 11.3 Å². The average molecular weight is 372 g/mol. The minimum atomic E-state index is -0.199. The predicted molar refractivity (Wildman–Crippen MR) is 113 cm³/mol. The molecule has 1 aliphatic heterocycles. The van der Waals surface area contributed by atoms with Crippen molar-refractivity contribution in [2.75, 3.05) is 11.4 Å². The lowest BCUT2D eigenvalue weighted by molar-refractivity contribution is -0.120. The Kier molecular flexibility index (Phi) is 4.30. The van der Waals surface area contributed by atoms with Gasteiger partial charge in [-0.25, -0.2) is 4.98 Å². The molecule has 0 N–H and O–H groups in total. The van der Waals surface area contributed by atoms with Crippen molar-refractivity contribution in [3.05, 3.63) is 59.3 Å². The van der Waals surface area contributed by atoms with Crippen LogP contribution >= 0.6 is 0 Å². The minimum absolute atomic E-state index is 0.156. The zero-order valence-corrected chi connectivity index (χ0v) is 16.7. The molecule has 0 saturated carbocycles. The van der Waals surface area contributed by atoms with E-state index in [4.69, 9.17) is 0 Å². The van der Waals surface area contributed by atoms with Crippen molar-refractivity contribution in [1.82, 2.24) is 4.98 Å². The first-order valence-electron chi connectivity index (χ1n) is 9.66. The van der Waals surface area contributed by atoms with Gasteiger partial charge < -0.3 is 4.90 Å². The molecule has 1 amide bonds. The van der Waals surface area contributed by atoms with Crippen LogP contribution in [0.1, 0.15) is 48.8 Å². The molecular weight excluding hydrogens is 348 g/mol. The van der Waals surface area contributed by atoms with E-state index < -0.39 is 0 Å². The molecule has 0 fully saturated rings. The maximum Gasteiger partial charge on any atom is 0.227 e. The maximum absolute atomic E-state index is 12.7. The summed E-state index contributed by atoms with van der Waals surface area (Å²) in [5.41, 5.74) is 6.31. The van der Waals surface area contributed by atoms with E-state index >= 15 is 0 Å². The van der Waals surface area contributed by atoms with Crippen molar-refractivity contribution in [3.63, 3.8) is 0 Å². The van der Waals surface area contributed by atoms with Gasteiger partial charge in [0.25, 0.3) is 0 Å². The summed E-state index contributed by atoms with van der Waals surface area (Å²) in [4.78, 5) is 30.5. The molecular formula is C24H24N2O2. The summed E-state index contributed by atoms with van der Waals surface area (Å²) < 4.78 is 0. The van der Waals surface area contributed by atoms with E-state index in [1.54, 1.807) is 0 Å².